The number of carboxylic acids is 1. The number of hydrogen-bond donors (Lipinski definition) is 1. The molecule has 0 radical (unpaired) electrons. The van der Waals surface area contributed by atoms with Gasteiger partial charge in [0.2, 0.25) is 0 Å². The van der Waals surface area contributed by atoms with E-state index >= 15 is 0 Å². The first-order valence-electron chi connectivity index (χ1n) is 7.46. The molecule has 5 nitrogen and oxygen atoms in total. The first kappa shape index (κ1) is 13.9. The maximum absolute atomic E-state index is 12.6. The number of urea groups is 1. The van der Waals surface area contributed by atoms with Crippen molar-refractivity contribution in [2.75, 3.05) is 19.6 Å². The van der Waals surface area contributed by atoms with Crippen LogP contribution in [0.5, 0.6) is 0 Å². The Kier molecular flexibility index (Phi) is 3.82. The molecule has 1 aliphatic carbocycles. The van der Waals surface area contributed by atoms with Crippen molar-refractivity contribution in [3.8, 4) is 0 Å². The molecule has 0 spiro atoms. The number of amides is 2. The Morgan fingerprint density at radius 2 is 1.95 bits per heavy atom. The van der Waals surface area contributed by atoms with Crippen LogP contribution in [-0.2, 0) is 17.8 Å². The van der Waals surface area contributed by atoms with E-state index in [-0.39, 0.29) is 12.6 Å². The molecular formula is C16H20N2O3. The van der Waals surface area contributed by atoms with Crippen LogP contribution in [-0.4, -0.2) is 46.5 Å². The van der Waals surface area contributed by atoms with Crippen LogP contribution in [0.3, 0.4) is 0 Å². The van der Waals surface area contributed by atoms with Crippen molar-refractivity contribution in [1.82, 2.24) is 9.80 Å². The molecule has 1 heterocycles. The highest BCUT2D eigenvalue weighted by atomic mass is 16.4. The van der Waals surface area contributed by atoms with Crippen LogP contribution in [0.1, 0.15) is 24.0 Å². The molecule has 1 aliphatic heterocycles. The van der Waals surface area contributed by atoms with Gasteiger partial charge in [-0.1, -0.05) is 24.3 Å². The van der Waals surface area contributed by atoms with Crippen molar-refractivity contribution in [2.24, 2.45) is 5.92 Å². The Balaban J connectivity index is 1.69. The number of carbonyl (C=O) groups excluding carboxylic acids is 1. The summed E-state index contributed by atoms with van der Waals surface area (Å²) in [5.41, 5.74) is 2.45. The molecule has 1 N–H and O–H groups in total. The summed E-state index contributed by atoms with van der Waals surface area (Å²) in [6.45, 7) is 1.61. The summed E-state index contributed by atoms with van der Waals surface area (Å²) in [6, 6.07) is 7.98. The average Bonchev–Trinajstić information content (AvgIpc) is 3.29. The van der Waals surface area contributed by atoms with E-state index in [0.717, 1.165) is 19.3 Å². The number of hydrogen-bond acceptors (Lipinski definition) is 2. The Bertz CT molecular complexity index is 554. The maximum atomic E-state index is 12.6. The molecule has 1 aromatic carbocycles. The number of benzene rings is 1. The van der Waals surface area contributed by atoms with Crippen LogP contribution < -0.4 is 0 Å². The van der Waals surface area contributed by atoms with Gasteiger partial charge in [-0.3, -0.25) is 4.79 Å². The van der Waals surface area contributed by atoms with Gasteiger partial charge in [0, 0.05) is 19.6 Å². The first-order valence-corrected chi connectivity index (χ1v) is 7.46. The summed E-state index contributed by atoms with van der Waals surface area (Å²) < 4.78 is 0. The van der Waals surface area contributed by atoms with Crippen LogP contribution >= 0.6 is 0 Å². The molecule has 0 atom stereocenters. The molecule has 0 saturated heterocycles. The van der Waals surface area contributed by atoms with Gasteiger partial charge in [-0.15, -0.1) is 0 Å². The molecule has 0 unspecified atom stereocenters. The minimum Gasteiger partial charge on any atom is -0.480 e. The number of rotatable bonds is 4. The molecule has 2 aliphatic rings. The third-order valence-corrected chi connectivity index (χ3v) is 4.17. The van der Waals surface area contributed by atoms with Gasteiger partial charge < -0.3 is 14.9 Å². The Hall–Kier alpha value is -2.04. The summed E-state index contributed by atoms with van der Waals surface area (Å²) in [7, 11) is 0. The molecule has 5 heteroatoms. The SMILES string of the molecule is O=C(O)CN(CC1CC1)C(=O)N1CCc2ccccc2C1. The predicted octanol–water partition coefficient (Wildman–Crippen LogP) is 1.96. The summed E-state index contributed by atoms with van der Waals surface area (Å²) in [4.78, 5) is 26.8. The fraction of sp³-hybridized carbons (Fsp3) is 0.500. The fourth-order valence-corrected chi connectivity index (χ4v) is 2.84. The third-order valence-electron chi connectivity index (χ3n) is 4.17. The predicted molar refractivity (Wildman–Crippen MR) is 77.9 cm³/mol. The second-order valence-electron chi connectivity index (χ2n) is 5.94. The third kappa shape index (κ3) is 3.35. The van der Waals surface area contributed by atoms with Gasteiger partial charge in [-0.05, 0) is 36.3 Å². The topological polar surface area (TPSA) is 60.9 Å². The molecule has 0 aromatic heterocycles. The van der Waals surface area contributed by atoms with Crippen molar-refractivity contribution < 1.29 is 14.7 Å². The zero-order chi connectivity index (χ0) is 14.8. The van der Waals surface area contributed by atoms with Gasteiger partial charge in [0.1, 0.15) is 6.54 Å². The van der Waals surface area contributed by atoms with Crippen molar-refractivity contribution in [3.05, 3.63) is 35.4 Å². The molecule has 1 aromatic rings. The highest BCUT2D eigenvalue weighted by molar-refractivity contribution is 5.80. The van der Waals surface area contributed by atoms with Gasteiger partial charge in [-0.25, -0.2) is 4.79 Å². The van der Waals surface area contributed by atoms with Crippen molar-refractivity contribution in [3.63, 3.8) is 0 Å². The van der Waals surface area contributed by atoms with E-state index in [9.17, 15) is 9.59 Å². The minimum absolute atomic E-state index is 0.140. The van der Waals surface area contributed by atoms with E-state index in [4.69, 9.17) is 5.11 Å². The summed E-state index contributed by atoms with van der Waals surface area (Å²) >= 11 is 0. The van der Waals surface area contributed by atoms with Crippen LogP contribution in [0.25, 0.3) is 0 Å². The number of carboxylic acid groups (broad SMARTS) is 1. The first-order chi connectivity index (χ1) is 10.1. The quantitative estimate of drug-likeness (QED) is 0.921. The zero-order valence-corrected chi connectivity index (χ0v) is 12.0. The van der Waals surface area contributed by atoms with Crippen LogP contribution in [0.4, 0.5) is 4.79 Å². The van der Waals surface area contributed by atoms with Crippen molar-refractivity contribution >= 4 is 12.0 Å². The minimum atomic E-state index is -0.943. The molecule has 2 amide bonds. The van der Waals surface area contributed by atoms with Crippen LogP contribution in [0, 0.1) is 5.92 Å². The van der Waals surface area contributed by atoms with Gasteiger partial charge in [0.15, 0.2) is 0 Å². The van der Waals surface area contributed by atoms with E-state index < -0.39 is 5.97 Å². The van der Waals surface area contributed by atoms with Gasteiger partial charge in [-0.2, -0.15) is 0 Å². The molecule has 1 fully saturated rings. The zero-order valence-electron chi connectivity index (χ0n) is 12.0. The Morgan fingerprint density at radius 3 is 2.62 bits per heavy atom. The summed E-state index contributed by atoms with van der Waals surface area (Å²) in [5.74, 6) is -0.452. The molecule has 1 saturated carbocycles. The standard InChI is InChI=1S/C16H20N2O3/c19-15(20)11-18(9-12-5-6-12)16(21)17-8-7-13-3-1-2-4-14(13)10-17/h1-4,12H,5-11H2,(H,19,20). The Morgan fingerprint density at radius 1 is 1.24 bits per heavy atom. The van der Waals surface area contributed by atoms with E-state index in [1.807, 2.05) is 18.2 Å². The number of aliphatic carboxylic acids is 1. The smallest absolute Gasteiger partial charge is 0.323 e. The van der Waals surface area contributed by atoms with Crippen molar-refractivity contribution in [1.29, 1.82) is 0 Å². The van der Waals surface area contributed by atoms with Crippen molar-refractivity contribution in [2.45, 2.75) is 25.8 Å². The number of nitrogens with zero attached hydrogens (tertiary/aromatic N) is 2. The van der Waals surface area contributed by atoms with E-state index in [2.05, 4.69) is 6.07 Å². The molecule has 3 rings (SSSR count). The lowest BCUT2D eigenvalue weighted by Crippen LogP contribution is -2.47. The average molecular weight is 288 g/mol. The Labute approximate surface area is 124 Å². The lowest BCUT2D eigenvalue weighted by Gasteiger charge is -2.33. The normalized spacial score (nSPS) is 17.2. The van der Waals surface area contributed by atoms with Crippen LogP contribution in [0.15, 0.2) is 24.3 Å². The van der Waals surface area contributed by atoms with Crippen LogP contribution in [0.2, 0.25) is 0 Å². The maximum Gasteiger partial charge on any atom is 0.323 e. The highest BCUT2D eigenvalue weighted by Gasteiger charge is 2.31. The number of carbonyl (C=O) groups is 2. The monoisotopic (exact) mass is 288 g/mol. The van der Waals surface area contributed by atoms with E-state index in [1.165, 1.54) is 16.0 Å². The lowest BCUT2D eigenvalue weighted by atomic mass is 10.0. The molecule has 21 heavy (non-hydrogen) atoms. The van der Waals surface area contributed by atoms with E-state index in [0.29, 0.717) is 25.6 Å². The van der Waals surface area contributed by atoms with Gasteiger partial charge in [0.25, 0.3) is 0 Å². The van der Waals surface area contributed by atoms with E-state index in [1.54, 1.807) is 4.90 Å². The summed E-state index contributed by atoms with van der Waals surface area (Å²) in [5, 5.41) is 9.01. The lowest BCUT2D eigenvalue weighted by molar-refractivity contribution is -0.137. The molecular weight excluding hydrogens is 268 g/mol. The fourth-order valence-electron chi connectivity index (χ4n) is 2.84. The molecule has 112 valence electrons. The highest BCUT2D eigenvalue weighted by Crippen LogP contribution is 2.30. The van der Waals surface area contributed by atoms with Gasteiger partial charge in [0.05, 0.1) is 0 Å². The second-order valence-corrected chi connectivity index (χ2v) is 5.94. The second kappa shape index (κ2) is 5.76. The number of fused-ring (bicyclic) bond motifs is 1. The van der Waals surface area contributed by atoms with Gasteiger partial charge >= 0.3 is 12.0 Å². The summed E-state index contributed by atoms with van der Waals surface area (Å²) in [6.07, 6.45) is 3.05. The molecule has 0 bridgehead atoms. The largest absolute Gasteiger partial charge is 0.480 e.